The molecule has 34 heavy (non-hydrogen) atoms. The molecule has 0 bridgehead atoms. The van der Waals surface area contributed by atoms with Crippen LogP contribution in [0, 0.1) is 5.92 Å². The molecule has 0 radical (unpaired) electrons. The number of aromatic nitrogens is 2. The van der Waals surface area contributed by atoms with Crippen molar-refractivity contribution in [3.63, 3.8) is 0 Å². The Bertz CT molecular complexity index is 1140. The monoisotopic (exact) mass is 499 g/mol. The van der Waals surface area contributed by atoms with Crippen molar-refractivity contribution in [1.82, 2.24) is 20.4 Å². The number of nitrogens with zero attached hydrogens (tertiary/aromatic N) is 3. The van der Waals surface area contributed by atoms with Crippen LogP contribution in [-0.4, -0.2) is 59.6 Å². The molecule has 1 aromatic carbocycles. The summed E-state index contributed by atoms with van der Waals surface area (Å²) < 4.78 is 5.14. The Morgan fingerprint density at radius 2 is 1.97 bits per heavy atom. The number of benzene rings is 1. The lowest BCUT2D eigenvalue weighted by molar-refractivity contribution is -0.121. The highest BCUT2D eigenvalue weighted by molar-refractivity contribution is 7.15. The van der Waals surface area contributed by atoms with E-state index in [1.807, 2.05) is 17.5 Å². The fourth-order valence-corrected chi connectivity index (χ4v) is 5.10. The van der Waals surface area contributed by atoms with Gasteiger partial charge in [-0.25, -0.2) is 0 Å². The second-order valence-electron chi connectivity index (χ2n) is 7.77. The molecule has 3 heterocycles. The van der Waals surface area contributed by atoms with Crippen LogP contribution in [0.1, 0.15) is 37.9 Å². The molecule has 1 aliphatic rings. The van der Waals surface area contributed by atoms with Gasteiger partial charge in [-0.3, -0.25) is 14.4 Å². The molecule has 3 aromatic rings. The van der Waals surface area contributed by atoms with Crippen molar-refractivity contribution in [1.29, 1.82) is 0 Å². The van der Waals surface area contributed by atoms with Crippen LogP contribution in [0.2, 0.25) is 0 Å². The van der Waals surface area contributed by atoms with E-state index in [4.69, 9.17) is 4.74 Å². The summed E-state index contributed by atoms with van der Waals surface area (Å²) in [5.41, 5.74) is 0.521. The fraction of sp³-hybridized carbons (Fsp3) is 0.348. The Morgan fingerprint density at radius 3 is 2.71 bits per heavy atom. The number of amides is 3. The van der Waals surface area contributed by atoms with Crippen LogP contribution in [0.5, 0.6) is 5.75 Å². The van der Waals surface area contributed by atoms with Gasteiger partial charge in [0.05, 0.1) is 12.0 Å². The third kappa shape index (κ3) is 5.97. The van der Waals surface area contributed by atoms with Crippen LogP contribution < -0.4 is 15.4 Å². The molecule has 0 unspecified atom stereocenters. The normalized spacial score (nSPS) is 14.0. The van der Waals surface area contributed by atoms with Crippen LogP contribution >= 0.6 is 22.7 Å². The second kappa shape index (κ2) is 11.2. The Morgan fingerprint density at radius 1 is 1.15 bits per heavy atom. The number of anilines is 1. The Hall–Kier alpha value is -3.31. The molecule has 11 heteroatoms. The second-order valence-corrected chi connectivity index (χ2v) is 9.78. The minimum atomic E-state index is -0.194. The van der Waals surface area contributed by atoms with Crippen molar-refractivity contribution in [2.24, 2.45) is 5.92 Å². The van der Waals surface area contributed by atoms with E-state index in [9.17, 15) is 14.4 Å². The maximum Gasteiger partial charge on any atom is 0.263 e. The molecule has 0 atom stereocenters. The van der Waals surface area contributed by atoms with Crippen molar-refractivity contribution >= 4 is 45.5 Å². The number of carbonyl (C=O) groups is 3. The number of thiophene rings is 1. The summed E-state index contributed by atoms with van der Waals surface area (Å²) in [6, 6.07) is 10.6. The molecule has 1 aliphatic heterocycles. The lowest BCUT2D eigenvalue weighted by Crippen LogP contribution is -2.41. The summed E-state index contributed by atoms with van der Waals surface area (Å²) in [6.07, 6.45) is 1.74. The molecular formula is C23H25N5O4S2. The minimum absolute atomic E-state index is 0.0288. The first kappa shape index (κ1) is 23.8. The van der Waals surface area contributed by atoms with Gasteiger partial charge < -0.3 is 20.3 Å². The van der Waals surface area contributed by atoms with Gasteiger partial charge in [-0.1, -0.05) is 23.5 Å². The highest BCUT2D eigenvalue weighted by atomic mass is 32.1. The van der Waals surface area contributed by atoms with Gasteiger partial charge in [-0.05, 0) is 42.5 Å². The Labute approximate surface area is 205 Å². The Balaban J connectivity index is 1.20. The number of hydrogen-bond donors (Lipinski definition) is 2. The molecule has 0 aliphatic carbocycles. The average molecular weight is 500 g/mol. The maximum atomic E-state index is 12.7. The van der Waals surface area contributed by atoms with Gasteiger partial charge in [0.2, 0.25) is 11.0 Å². The summed E-state index contributed by atoms with van der Waals surface area (Å²) in [5.74, 6) is 0.193. The maximum absolute atomic E-state index is 12.7. The topological polar surface area (TPSA) is 114 Å². The number of carbonyl (C=O) groups excluding carboxylic acids is 3. The number of hydrogen-bond acceptors (Lipinski definition) is 8. The van der Waals surface area contributed by atoms with Gasteiger partial charge in [-0.15, -0.1) is 21.5 Å². The number of ether oxygens (including phenoxy) is 1. The van der Waals surface area contributed by atoms with E-state index in [0.717, 1.165) is 9.88 Å². The van der Waals surface area contributed by atoms with Crippen molar-refractivity contribution < 1.29 is 19.1 Å². The van der Waals surface area contributed by atoms with Crippen LogP contribution in [-0.2, 0) is 11.2 Å². The lowest BCUT2D eigenvalue weighted by Gasteiger charge is -2.30. The molecular weight excluding hydrogens is 474 g/mol. The van der Waals surface area contributed by atoms with Gasteiger partial charge in [0.1, 0.15) is 10.8 Å². The van der Waals surface area contributed by atoms with E-state index in [-0.39, 0.29) is 23.6 Å². The van der Waals surface area contributed by atoms with Crippen LogP contribution in [0.25, 0.3) is 0 Å². The number of likely N-dealkylation sites (tertiary alicyclic amines) is 1. The Kier molecular flexibility index (Phi) is 7.86. The largest absolute Gasteiger partial charge is 0.497 e. The minimum Gasteiger partial charge on any atom is -0.497 e. The zero-order valence-corrected chi connectivity index (χ0v) is 20.3. The van der Waals surface area contributed by atoms with E-state index < -0.39 is 0 Å². The van der Waals surface area contributed by atoms with Gasteiger partial charge in [0.15, 0.2) is 0 Å². The highest BCUT2D eigenvalue weighted by Gasteiger charge is 2.28. The van der Waals surface area contributed by atoms with Crippen molar-refractivity contribution in [3.8, 4) is 5.75 Å². The molecule has 2 N–H and O–H groups in total. The zero-order chi connectivity index (χ0) is 23.9. The van der Waals surface area contributed by atoms with E-state index in [0.29, 0.717) is 55.3 Å². The first-order chi connectivity index (χ1) is 16.5. The standard InChI is InChI=1S/C23H25N5O4S2/c1-32-17-5-2-4-16(14-17)20(29)24-10-7-19-26-27-23(34-19)25-21(30)15-8-11-28(12-9-15)22(31)18-6-3-13-33-18/h2-6,13-15H,7-12H2,1H3,(H,24,29)(H,25,27,30). The van der Waals surface area contributed by atoms with Gasteiger partial charge in [0.25, 0.3) is 11.8 Å². The molecule has 178 valence electrons. The van der Waals surface area contributed by atoms with Gasteiger partial charge in [-0.2, -0.15) is 0 Å². The average Bonchev–Trinajstić information content (AvgIpc) is 3.56. The number of rotatable bonds is 8. The third-order valence-corrected chi connectivity index (χ3v) is 7.29. The van der Waals surface area contributed by atoms with E-state index in [1.54, 1.807) is 36.3 Å². The summed E-state index contributed by atoms with van der Waals surface area (Å²) in [4.78, 5) is 39.9. The molecule has 0 spiro atoms. The SMILES string of the molecule is COc1cccc(C(=O)NCCc2nnc(NC(=O)C3CCN(C(=O)c4cccs4)CC3)s2)c1. The van der Waals surface area contributed by atoms with Crippen LogP contribution in [0.3, 0.4) is 0 Å². The predicted octanol–water partition coefficient (Wildman–Crippen LogP) is 3.07. The smallest absolute Gasteiger partial charge is 0.263 e. The molecule has 3 amide bonds. The van der Waals surface area contributed by atoms with Crippen molar-refractivity contribution in [2.45, 2.75) is 19.3 Å². The lowest BCUT2D eigenvalue weighted by atomic mass is 9.96. The summed E-state index contributed by atoms with van der Waals surface area (Å²) in [7, 11) is 1.55. The molecule has 1 fully saturated rings. The van der Waals surface area contributed by atoms with Gasteiger partial charge >= 0.3 is 0 Å². The van der Waals surface area contributed by atoms with E-state index in [1.165, 1.54) is 22.7 Å². The van der Waals surface area contributed by atoms with E-state index >= 15 is 0 Å². The summed E-state index contributed by atoms with van der Waals surface area (Å²) >= 11 is 2.72. The van der Waals surface area contributed by atoms with Crippen molar-refractivity contribution in [2.75, 3.05) is 32.1 Å². The molecule has 1 saturated heterocycles. The summed E-state index contributed by atoms with van der Waals surface area (Å²) in [6.45, 7) is 1.52. The summed E-state index contributed by atoms with van der Waals surface area (Å²) in [5, 5.41) is 16.9. The van der Waals surface area contributed by atoms with Crippen LogP contribution in [0.4, 0.5) is 5.13 Å². The molecule has 9 nitrogen and oxygen atoms in total. The highest BCUT2D eigenvalue weighted by Crippen LogP contribution is 2.23. The molecule has 0 saturated carbocycles. The molecule has 2 aromatic heterocycles. The van der Waals surface area contributed by atoms with Gasteiger partial charge in [0, 0.05) is 37.5 Å². The quantitative estimate of drug-likeness (QED) is 0.493. The zero-order valence-electron chi connectivity index (χ0n) is 18.7. The number of nitrogens with one attached hydrogen (secondary N) is 2. The number of piperidine rings is 1. The first-order valence-electron chi connectivity index (χ1n) is 10.9. The van der Waals surface area contributed by atoms with Crippen molar-refractivity contribution in [3.05, 3.63) is 57.2 Å². The third-order valence-electron chi connectivity index (χ3n) is 5.54. The predicted molar refractivity (Wildman–Crippen MR) is 131 cm³/mol. The number of methoxy groups -OCH3 is 1. The molecule has 4 rings (SSSR count). The first-order valence-corrected chi connectivity index (χ1v) is 12.6. The fourth-order valence-electron chi connectivity index (χ4n) is 3.66. The van der Waals surface area contributed by atoms with Crippen LogP contribution in [0.15, 0.2) is 41.8 Å². The van der Waals surface area contributed by atoms with E-state index in [2.05, 4.69) is 20.8 Å².